The van der Waals surface area contributed by atoms with Crippen molar-refractivity contribution in [1.29, 1.82) is 10.5 Å². The fraction of sp³-hybridized carbons (Fsp3) is 0. The van der Waals surface area contributed by atoms with E-state index in [1.54, 1.807) is 0 Å². The van der Waals surface area contributed by atoms with Gasteiger partial charge in [-0.2, -0.15) is 10.5 Å². The Labute approximate surface area is 69.7 Å². The number of nitrogens with zero attached hydrogens (tertiary/aromatic N) is 6. The van der Waals surface area contributed by atoms with Gasteiger partial charge < -0.3 is 0 Å². The van der Waals surface area contributed by atoms with E-state index in [1.807, 2.05) is 0 Å². The topological polar surface area (TPSA) is 150 Å². The number of hydrazine groups is 2. The third-order valence-electron chi connectivity index (χ3n) is 0.622. The van der Waals surface area contributed by atoms with E-state index in [0.717, 1.165) is 12.4 Å². The van der Waals surface area contributed by atoms with Crippen LogP contribution < -0.4 is 0 Å². The smallest absolute Gasteiger partial charge is 0.232 e. The van der Waals surface area contributed by atoms with Crippen LogP contribution in [0.2, 0.25) is 0 Å². The van der Waals surface area contributed by atoms with Crippen molar-refractivity contribution in [3.8, 4) is 12.4 Å². The average Bonchev–Trinajstić information content (AvgIpc) is 2.05. The first kappa shape index (κ1) is 10.3. The summed E-state index contributed by atoms with van der Waals surface area (Å²) >= 11 is 0. The highest BCUT2D eigenvalue weighted by Crippen LogP contribution is 1.94. The standard InChI is InChI=1S/C2N6O5/c3-1-5(7(9)10)13-6(2-4)8(11)12. The molecule has 0 bridgehead atoms. The van der Waals surface area contributed by atoms with Gasteiger partial charge in [0.15, 0.2) is 0 Å². The van der Waals surface area contributed by atoms with E-state index in [-0.39, 0.29) is 0 Å². The highest BCUT2D eigenvalue weighted by atomic mass is 17.0. The molecule has 0 spiro atoms. The van der Waals surface area contributed by atoms with Crippen LogP contribution in [0.5, 0.6) is 0 Å². The molecule has 0 aromatic heterocycles. The molecule has 0 N–H and O–H groups in total. The summed E-state index contributed by atoms with van der Waals surface area (Å²) in [6.45, 7) is 0. The van der Waals surface area contributed by atoms with E-state index in [4.69, 9.17) is 10.5 Å². The summed E-state index contributed by atoms with van der Waals surface area (Å²) in [7, 11) is 0. The quantitative estimate of drug-likeness (QED) is 0.229. The molecule has 11 nitrogen and oxygen atoms in total. The van der Waals surface area contributed by atoms with E-state index in [0.29, 0.717) is 0 Å². The highest BCUT2D eigenvalue weighted by Gasteiger charge is 2.27. The van der Waals surface area contributed by atoms with Gasteiger partial charge in [-0.05, 0) is 4.94 Å². The molecule has 0 aromatic rings. The Morgan fingerprint density at radius 2 is 1.38 bits per heavy atom. The molecule has 11 heteroatoms. The van der Waals surface area contributed by atoms with Gasteiger partial charge in [-0.1, -0.05) is 0 Å². The molecule has 0 aliphatic rings. The fourth-order valence-corrected chi connectivity index (χ4v) is 0.242. The molecule has 0 unspecified atom stereocenters. The zero-order valence-corrected chi connectivity index (χ0v) is 5.72. The zero-order chi connectivity index (χ0) is 10.4. The van der Waals surface area contributed by atoms with E-state index < -0.39 is 20.4 Å². The lowest BCUT2D eigenvalue weighted by atomic mass is 11.3. The highest BCUT2D eigenvalue weighted by molar-refractivity contribution is 4.56. The molecule has 0 aliphatic heterocycles. The van der Waals surface area contributed by atoms with Crippen molar-refractivity contribution in [2.45, 2.75) is 0 Å². The summed E-state index contributed by atoms with van der Waals surface area (Å²) in [5, 5.41) is 31.6. The van der Waals surface area contributed by atoms with Gasteiger partial charge in [0, 0.05) is 0 Å². The Morgan fingerprint density at radius 3 is 1.54 bits per heavy atom. The van der Waals surface area contributed by atoms with Crippen molar-refractivity contribution in [2.75, 3.05) is 0 Å². The van der Waals surface area contributed by atoms with Gasteiger partial charge in [0.1, 0.15) is 10.3 Å². The lowest BCUT2D eigenvalue weighted by Crippen LogP contribution is -2.36. The predicted molar refractivity (Wildman–Crippen MR) is 30.0 cm³/mol. The normalized spacial score (nSPS) is 7.85. The van der Waals surface area contributed by atoms with E-state index in [9.17, 15) is 20.2 Å². The Morgan fingerprint density at radius 1 is 1.08 bits per heavy atom. The van der Waals surface area contributed by atoms with Gasteiger partial charge in [-0.15, -0.1) is 0 Å². The second-order valence-corrected chi connectivity index (χ2v) is 1.30. The summed E-state index contributed by atoms with van der Waals surface area (Å²) in [5.41, 5.74) is 0. The molecule has 0 radical (unpaired) electrons. The molecule has 0 saturated carbocycles. The molecule has 68 valence electrons. The summed E-state index contributed by atoms with van der Waals surface area (Å²) < 4.78 is 0. The molecule has 0 fully saturated rings. The van der Waals surface area contributed by atoms with Crippen molar-refractivity contribution in [3.05, 3.63) is 20.2 Å². The third-order valence-corrected chi connectivity index (χ3v) is 0.622. The number of nitro groups is 2. The van der Waals surface area contributed by atoms with Crippen LogP contribution in [0.3, 0.4) is 0 Å². The average molecular weight is 188 g/mol. The summed E-state index contributed by atoms with van der Waals surface area (Å²) in [5.74, 6) is 0. The van der Waals surface area contributed by atoms with Crippen molar-refractivity contribution in [2.24, 2.45) is 0 Å². The number of hydrogen-bond acceptors (Lipinski definition) is 7. The lowest BCUT2D eigenvalue weighted by molar-refractivity contribution is -0.817. The van der Waals surface area contributed by atoms with Gasteiger partial charge in [0.25, 0.3) is 12.4 Å². The Balaban J connectivity index is 4.42. The molecule has 13 heavy (non-hydrogen) atoms. The van der Waals surface area contributed by atoms with Gasteiger partial charge in [0.05, 0.1) is 0 Å². The van der Waals surface area contributed by atoms with Crippen molar-refractivity contribution in [3.63, 3.8) is 0 Å². The van der Waals surface area contributed by atoms with Crippen LogP contribution in [0, 0.1) is 43.1 Å². The van der Waals surface area contributed by atoms with E-state index in [1.165, 1.54) is 0 Å². The van der Waals surface area contributed by atoms with Crippen LogP contribution in [0.1, 0.15) is 0 Å². The van der Waals surface area contributed by atoms with E-state index >= 15 is 0 Å². The van der Waals surface area contributed by atoms with E-state index in [2.05, 4.69) is 4.94 Å². The lowest BCUT2D eigenvalue weighted by Gasteiger charge is -2.03. The summed E-state index contributed by atoms with van der Waals surface area (Å²) in [6, 6.07) is 0. The van der Waals surface area contributed by atoms with Crippen LogP contribution in [-0.2, 0) is 4.94 Å². The van der Waals surface area contributed by atoms with Crippen LogP contribution in [-0.4, -0.2) is 20.4 Å². The minimum Gasteiger partial charge on any atom is -0.232 e. The number of hydroxylamine groups is 2. The SMILES string of the molecule is N#CN(ON(C#N)[N+](=O)[O-])[N+](=O)[O-]. The minimum atomic E-state index is -1.38. The molecular formula is C2N6O5. The van der Waals surface area contributed by atoms with Crippen molar-refractivity contribution < 1.29 is 15.0 Å². The number of rotatable bonds is 4. The Hall–Kier alpha value is -2.66. The van der Waals surface area contributed by atoms with Gasteiger partial charge in [-0.25, -0.2) is 20.2 Å². The second kappa shape index (κ2) is 4.27. The minimum absolute atomic E-state index is 0.647. The summed E-state index contributed by atoms with van der Waals surface area (Å²) in [4.78, 5) is 23.3. The van der Waals surface area contributed by atoms with Crippen molar-refractivity contribution in [1.82, 2.24) is 10.3 Å². The Kier molecular flexibility index (Phi) is 3.39. The van der Waals surface area contributed by atoms with Crippen LogP contribution in [0.4, 0.5) is 0 Å². The van der Waals surface area contributed by atoms with Crippen LogP contribution in [0.15, 0.2) is 0 Å². The second-order valence-electron chi connectivity index (χ2n) is 1.30. The molecular weight excluding hydrogens is 188 g/mol. The first-order chi connectivity index (χ1) is 6.02. The number of hydrogen-bond donors (Lipinski definition) is 0. The molecule has 0 heterocycles. The number of nitriles is 2. The molecule has 0 atom stereocenters. The summed E-state index contributed by atoms with van der Waals surface area (Å²) in [6.07, 6.45) is 1.67. The zero-order valence-electron chi connectivity index (χ0n) is 5.72. The molecule has 0 aromatic carbocycles. The first-order valence-electron chi connectivity index (χ1n) is 2.39. The van der Waals surface area contributed by atoms with Gasteiger partial charge in [0.2, 0.25) is 10.1 Å². The Bertz CT molecular complexity index is 269. The molecule has 0 aliphatic carbocycles. The maximum atomic E-state index is 9.83. The largest absolute Gasteiger partial charge is 0.282 e. The molecule has 0 amide bonds. The monoisotopic (exact) mass is 188 g/mol. The van der Waals surface area contributed by atoms with Gasteiger partial charge >= 0.3 is 0 Å². The molecule has 0 rings (SSSR count). The molecule has 0 saturated heterocycles. The fourth-order valence-electron chi connectivity index (χ4n) is 0.242. The third kappa shape index (κ3) is 2.83. The van der Waals surface area contributed by atoms with Crippen LogP contribution >= 0.6 is 0 Å². The first-order valence-corrected chi connectivity index (χ1v) is 2.39. The van der Waals surface area contributed by atoms with Crippen molar-refractivity contribution >= 4 is 0 Å². The predicted octanol–water partition coefficient (Wildman–Crippen LogP) is -1.22. The van der Waals surface area contributed by atoms with Gasteiger partial charge in [-0.3, -0.25) is 0 Å². The maximum Gasteiger partial charge on any atom is 0.282 e. The maximum absolute atomic E-state index is 9.83. The van der Waals surface area contributed by atoms with Crippen LogP contribution in [0.25, 0.3) is 0 Å².